The number of carbonyl (C=O) groups excluding carboxylic acids is 2. The van der Waals surface area contributed by atoms with Gasteiger partial charge >= 0.3 is 0 Å². The minimum atomic E-state index is -0.462. The Kier molecular flexibility index (Phi) is 3.42. The lowest BCUT2D eigenvalue weighted by molar-refractivity contribution is -0.120. The molecule has 0 atom stereocenters. The summed E-state index contributed by atoms with van der Waals surface area (Å²) < 4.78 is 5.18. The zero-order valence-corrected chi connectivity index (χ0v) is 8.16. The van der Waals surface area contributed by atoms with Gasteiger partial charge in [-0.2, -0.15) is 0 Å². The fourth-order valence-corrected chi connectivity index (χ4v) is 1.14. The van der Waals surface area contributed by atoms with E-state index in [1.807, 2.05) is 10.9 Å². The predicted molar refractivity (Wildman–Crippen MR) is 51.1 cm³/mol. The summed E-state index contributed by atoms with van der Waals surface area (Å²) in [6.45, 7) is 1.61. The molecule has 15 heavy (non-hydrogen) atoms. The number of nitrogens with two attached hydrogens (primary N) is 2. The van der Waals surface area contributed by atoms with Crippen LogP contribution in [0, 0.1) is 6.92 Å². The van der Waals surface area contributed by atoms with Crippen LogP contribution in [0.3, 0.4) is 0 Å². The van der Waals surface area contributed by atoms with Crippen LogP contribution >= 0.6 is 0 Å². The van der Waals surface area contributed by atoms with Gasteiger partial charge in [-0.05, 0) is 13.0 Å². The van der Waals surface area contributed by atoms with Gasteiger partial charge in [-0.1, -0.05) is 0 Å². The highest BCUT2D eigenvalue weighted by molar-refractivity contribution is 5.95. The third-order valence-electron chi connectivity index (χ3n) is 1.84. The van der Waals surface area contributed by atoms with Crippen molar-refractivity contribution >= 4 is 11.8 Å². The molecule has 0 fully saturated rings. The zero-order chi connectivity index (χ0) is 11.4. The summed E-state index contributed by atoms with van der Waals surface area (Å²) in [6.07, 6.45) is -0.0187. The van der Waals surface area contributed by atoms with E-state index in [4.69, 9.17) is 16.1 Å². The Morgan fingerprint density at radius 1 is 1.40 bits per heavy atom. The van der Waals surface area contributed by atoms with Crippen LogP contribution in [0.4, 0.5) is 0 Å². The summed E-state index contributed by atoms with van der Waals surface area (Å²) in [4.78, 5) is 22.1. The van der Waals surface area contributed by atoms with Crippen LogP contribution in [0.5, 0.6) is 0 Å². The molecule has 1 heterocycles. The number of rotatable bonds is 3. The van der Waals surface area contributed by atoms with Crippen molar-refractivity contribution < 1.29 is 14.0 Å². The van der Waals surface area contributed by atoms with Gasteiger partial charge in [0, 0.05) is 0 Å². The van der Waals surface area contributed by atoms with Crippen LogP contribution in [0.15, 0.2) is 10.5 Å². The normalized spacial score (nSPS) is 9.80. The third-order valence-corrected chi connectivity index (χ3v) is 1.84. The highest BCUT2D eigenvalue weighted by Crippen LogP contribution is 2.14. The summed E-state index contributed by atoms with van der Waals surface area (Å²) >= 11 is 0. The Balaban J connectivity index is 2.86. The molecule has 0 unspecified atom stereocenters. The van der Waals surface area contributed by atoms with Crippen molar-refractivity contribution in [3.05, 3.63) is 23.2 Å². The van der Waals surface area contributed by atoms with E-state index < -0.39 is 11.8 Å². The molecule has 0 spiro atoms. The lowest BCUT2D eigenvalue weighted by Gasteiger charge is -1.94. The monoisotopic (exact) mass is 212 g/mol. The fourth-order valence-electron chi connectivity index (χ4n) is 1.14. The predicted octanol–water partition coefficient (Wildman–Crippen LogP) is -1.28. The molecule has 6 N–H and O–H groups in total. The van der Waals surface area contributed by atoms with E-state index in [9.17, 15) is 9.59 Å². The first-order chi connectivity index (χ1) is 7.08. The molecule has 0 saturated carbocycles. The molecule has 1 rings (SSSR count). The number of aryl methyl sites for hydroxylation is 1. The van der Waals surface area contributed by atoms with Crippen molar-refractivity contribution in [2.75, 3.05) is 0 Å². The average molecular weight is 212 g/mol. The number of nitrogens with one attached hydrogen (secondary N) is 2. The van der Waals surface area contributed by atoms with E-state index in [1.165, 1.54) is 6.07 Å². The van der Waals surface area contributed by atoms with Crippen LogP contribution < -0.4 is 22.5 Å². The molecule has 0 aliphatic rings. The molecule has 0 aromatic carbocycles. The molecule has 0 aliphatic heterocycles. The van der Waals surface area contributed by atoms with Gasteiger partial charge < -0.3 is 4.42 Å². The first-order valence-corrected chi connectivity index (χ1v) is 4.18. The van der Waals surface area contributed by atoms with Crippen LogP contribution in [-0.2, 0) is 11.2 Å². The summed E-state index contributed by atoms with van der Waals surface area (Å²) in [5.41, 5.74) is 4.24. The van der Waals surface area contributed by atoms with E-state index in [1.54, 1.807) is 6.92 Å². The average Bonchev–Trinajstić information content (AvgIpc) is 2.58. The minimum absolute atomic E-state index is 0.0187. The van der Waals surface area contributed by atoms with E-state index in [2.05, 4.69) is 0 Å². The third kappa shape index (κ3) is 2.55. The van der Waals surface area contributed by atoms with Crippen LogP contribution in [-0.4, -0.2) is 11.8 Å². The molecule has 0 saturated heterocycles. The van der Waals surface area contributed by atoms with Crippen LogP contribution in [0.1, 0.15) is 21.9 Å². The Labute approximate surface area is 85.7 Å². The Bertz CT molecular complexity index is 385. The number of amides is 2. The molecule has 0 aliphatic carbocycles. The molecule has 82 valence electrons. The van der Waals surface area contributed by atoms with Crippen molar-refractivity contribution in [3.63, 3.8) is 0 Å². The molecule has 1 aromatic heterocycles. The molecule has 2 amide bonds. The molecule has 0 radical (unpaired) electrons. The van der Waals surface area contributed by atoms with Gasteiger partial charge in [-0.3, -0.25) is 20.4 Å². The molecule has 7 heteroatoms. The smallest absolute Gasteiger partial charge is 0.268 e. The Morgan fingerprint density at radius 3 is 2.60 bits per heavy atom. The van der Waals surface area contributed by atoms with E-state index in [-0.39, 0.29) is 6.42 Å². The number of furan rings is 1. The van der Waals surface area contributed by atoms with Crippen molar-refractivity contribution in [2.24, 2.45) is 11.7 Å². The Hall–Kier alpha value is -1.86. The van der Waals surface area contributed by atoms with Crippen molar-refractivity contribution in [1.82, 2.24) is 10.9 Å². The van der Waals surface area contributed by atoms with Crippen molar-refractivity contribution in [2.45, 2.75) is 13.3 Å². The Morgan fingerprint density at radius 2 is 2.07 bits per heavy atom. The quantitative estimate of drug-likeness (QED) is 0.282. The number of hydrogen-bond acceptors (Lipinski definition) is 5. The van der Waals surface area contributed by atoms with E-state index in [0.29, 0.717) is 17.1 Å². The maximum absolute atomic E-state index is 11.2. The van der Waals surface area contributed by atoms with E-state index in [0.717, 1.165) is 0 Å². The van der Waals surface area contributed by atoms with Crippen LogP contribution in [0.25, 0.3) is 0 Å². The van der Waals surface area contributed by atoms with Gasteiger partial charge in [0.25, 0.3) is 5.91 Å². The molecular weight excluding hydrogens is 200 g/mol. The molecular formula is C8H12N4O3. The highest BCUT2D eigenvalue weighted by atomic mass is 16.3. The van der Waals surface area contributed by atoms with Gasteiger partial charge in [-0.25, -0.2) is 11.7 Å². The molecule has 0 bridgehead atoms. The number of carbonyl (C=O) groups is 2. The lowest BCUT2D eigenvalue weighted by atomic mass is 10.2. The first kappa shape index (κ1) is 11.2. The molecule has 7 nitrogen and oxygen atoms in total. The minimum Gasteiger partial charge on any atom is -0.465 e. The van der Waals surface area contributed by atoms with Crippen molar-refractivity contribution in [3.8, 4) is 0 Å². The summed E-state index contributed by atoms with van der Waals surface area (Å²) in [7, 11) is 0. The first-order valence-electron chi connectivity index (χ1n) is 4.18. The van der Waals surface area contributed by atoms with Crippen molar-refractivity contribution in [1.29, 1.82) is 0 Å². The van der Waals surface area contributed by atoms with Gasteiger partial charge in [0.05, 0.1) is 12.0 Å². The van der Waals surface area contributed by atoms with Gasteiger partial charge in [0.1, 0.15) is 11.5 Å². The summed E-state index contributed by atoms with van der Waals surface area (Å²) in [5, 5.41) is 0. The van der Waals surface area contributed by atoms with Gasteiger partial charge in [0.2, 0.25) is 5.91 Å². The van der Waals surface area contributed by atoms with Crippen LogP contribution in [0.2, 0.25) is 0 Å². The largest absolute Gasteiger partial charge is 0.465 e. The fraction of sp³-hybridized carbons (Fsp3) is 0.250. The number of hydrogen-bond donors (Lipinski definition) is 4. The summed E-state index contributed by atoms with van der Waals surface area (Å²) in [6, 6.07) is 1.45. The second kappa shape index (κ2) is 4.58. The topological polar surface area (TPSA) is 123 Å². The van der Waals surface area contributed by atoms with Gasteiger partial charge in [0.15, 0.2) is 0 Å². The van der Waals surface area contributed by atoms with Gasteiger partial charge in [-0.15, -0.1) is 0 Å². The SMILES string of the molecule is Cc1oc(CC(=O)NN)cc1C(=O)NN. The second-order valence-corrected chi connectivity index (χ2v) is 2.90. The maximum atomic E-state index is 11.2. The molecule has 1 aromatic rings. The summed E-state index contributed by atoms with van der Waals surface area (Å²) in [5.74, 6) is 9.77. The number of nitrogen functional groups attached to an aromatic ring is 1. The number of hydrazine groups is 2. The second-order valence-electron chi connectivity index (χ2n) is 2.90. The maximum Gasteiger partial charge on any atom is 0.268 e. The lowest BCUT2D eigenvalue weighted by Crippen LogP contribution is -2.31. The zero-order valence-electron chi connectivity index (χ0n) is 8.16. The standard InChI is InChI=1S/C8H12N4O3/c1-4-6(8(14)12-10)2-5(15-4)3-7(13)11-9/h2H,3,9-10H2,1H3,(H,11,13)(H,12,14). The highest BCUT2D eigenvalue weighted by Gasteiger charge is 2.15. The van der Waals surface area contributed by atoms with E-state index >= 15 is 0 Å².